The van der Waals surface area contributed by atoms with E-state index in [0.717, 1.165) is 57.9 Å². The number of hydrogen-bond donors (Lipinski definition) is 0. The molecule has 0 N–H and O–H groups in total. The molecule has 3 aromatic heterocycles. The fourth-order valence-electron chi connectivity index (χ4n) is 3.19. The minimum absolute atomic E-state index is 0.210. The molecule has 27 heavy (non-hydrogen) atoms. The van der Waals surface area contributed by atoms with Crippen molar-refractivity contribution in [3.05, 3.63) is 48.0 Å². The van der Waals surface area contributed by atoms with Crippen molar-refractivity contribution in [1.29, 1.82) is 0 Å². The number of aromatic nitrogens is 5. The molecule has 4 heterocycles. The van der Waals surface area contributed by atoms with E-state index in [1.807, 2.05) is 30.3 Å². The van der Waals surface area contributed by atoms with Crippen LogP contribution in [0.25, 0.3) is 21.7 Å². The Morgan fingerprint density at radius 2 is 2.07 bits per heavy atom. The van der Waals surface area contributed by atoms with Gasteiger partial charge in [-0.05, 0) is 48.2 Å². The lowest BCUT2D eigenvalue weighted by Gasteiger charge is -2.14. The second kappa shape index (κ2) is 7.38. The summed E-state index contributed by atoms with van der Waals surface area (Å²) < 4.78 is 8.01. The van der Waals surface area contributed by atoms with E-state index in [-0.39, 0.29) is 6.10 Å². The maximum Gasteiger partial charge on any atom is 0.197 e. The lowest BCUT2D eigenvalue weighted by atomic mass is 10.2. The first-order valence-electron chi connectivity index (χ1n) is 8.85. The predicted molar refractivity (Wildman–Crippen MR) is 106 cm³/mol. The van der Waals surface area contributed by atoms with Gasteiger partial charge in [-0.1, -0.05) is 18.2 Å². The van der Waals surface area contributed by atoms with Crippen molar-refractivity contribution >= 4 is 34.1 Å². The smallest absolute Gasteiger partial charge is 0.197 e. The van der Waals surface area contributed by atoms with Gasteiger partial charge in [0.1, 0.15) is 5.03 Å². The molecule has 0 spiro atoms. The maximum atomic E-state index is 5.85. The zero-order valence-corrected chi connectivity index (χ0v) is 16.1. The molecule has 1 aliphatic rings. The minimum atomic E-state index is 0.210. The fourth-order valence-corrected chi connectivity index (χ4v) is 4.70. The molecule has 6 nitrogen and oxygen atoms in total. The topological polar surface area (TPSA) is 65.7 Å². The van der Waals surface area contributed by atoms with E-state index in [1.54, 1.807) is 17.5 Å². The van der Waals surface area contributed by atoms with E-state index in [2.05, 4.69) is 31.2 Å². The monoisotopic (exact) mass is 395 g/mol. The molecule has 1 fully saturated rings. The Labute approximate surface area is 164 Å². The number of ether oxygens (including phenoxy) is 1. The molecule has 0 aliphatic carbocycles. The average molecular weight is 396 g/mol. The normalized spacial score (nSPS) is 17.0. The number of fused-ring (bicyclic) bond motifs is 1. The number of rotatable bonds is 5. The Hall–Kier alpha value is -2.29. The number of thiophene rings is 1. The summed E-state index contributed by atoms with van der Waals surface area (Å²) in [4.78, 5) is 10.3. The van der Waals surface area contributed by atoms with Gasteiger partial charge in [0.15, 0.2) is 11.0 Å². The molecule has 4 aromatic rings. The van der Waals surface area contributed by atoms with E-state index in [0.29, 0.717) is 0 Å². The van der Waals surface area contributed by atoms with E-state index >= 15 is 0 Å². The first-order valence-corrected chi connectivity index (χ1v) is 10.5. The van der Waals surface area contributed by atoms with Gasteiger partial charge < -0.3 is 4.74 Å². The van der Waals surface area contributed by atoms with Crippen LogP contribution in [0.1, 0.15) is 12.8 Å². The Morgan fingerprint density at radius 3 is 2.89 bits per heavy atom. The van der Waals surface area contributed by atoms with E-state index < -0.39 is 0 Å². The van der Waals surface area contributed by atoms with Gasteiger partial charge in [-0.15, -0.1) is 21.5 Å². The summed E-state index contributed by atoms with van der Waals surface area (Å²) in [5.41, 5.74) is 1.77. The molecular weight excluding hydrogens is 378 g/mol. The molecule has 0 bridgehead atoms. The molecule has 0 amide bonds. The van der Waals surface area contributed by atoms with Gasteiger partial charge in [-0.2, -0.15) is 0 Å². The van der Waals surface area contributed by atoms with Crippen molar-refractivity contribution < 1.29 is 4.74 Å². The highest BCUT2D eigenvalue weighted by Gasteiger charge is 2.22. The van der Waals surface area contributed by atoms with Crippen molar-refractivity contribution in [1.82, 2.24) is 24.7 Å². The summed E-state index contributed by atoms with van der Waals surface area (Å²) in [7, 11) is 0. The summed E-state index contributed by atoms with van der Waals surface area (Å²) >= 11 is 3.16. The van der Waals surface area contributed by atoms with Crippen molar-refractivity contribution in [2.24, 2.45) is 0 Å². The molecule has 8 heteroatoms. The van der Waals surface area contributed by atoms with Crippen molar-refractivity contribution in [2.75, 3.05) is 6.61 Å². The second-order valence-electron chi connectivity index (χ2n) is 6.33. The van der Waals surface area contributed by atoms with Crippen LogP contribution >= 0.6 is 23.1 Å². The van der Waals surface area contributed by atoms with Gasteiger partial charge in [0.2, 0.25) is 0 Å². The standard InChI is InChI=1S/C19H17N5OS2/c1-2-7-15-14(6-1)20-11-17(21-15)27-19-23-22-18(16-8-4-10-26-16)24(19)12-13-5-3-9-25-13/h1-2,4,6-8,10-11,13H,3,5,9,12H2/t13-/m0/s1. The summed E-state index contributed by atoms with van der Waals surface area (Å²) in [6.45, 7) is 1.59. The van der Waals surface area contributed by atoms with Gasteiger partial charge in [-0.25, -0.2) is 4.98 Å². The first-order chi connectivity index (χ1) is 13.4. The van der Waals surface area contributed by atoms with Gasteiger partial charge in [0, 0.05) is 6.61 Å². The summed E-state index contributed by atoms with van der Waals surface area (Å²) in [5.74, 6) is 0.886. The van der Waals surface area contributed by atoms with Crippen LogP contribution in [0.5, 0.6) is 0 Å². The summed E-state index contributed by atoms with van der Waals surface area (Å²) in [5, 5.41) is 12.6. The minimum Gasteiger partial charge on any atom is -0.376 e. The quantitative estimate of drug-likeness (QED) is 0.502. The van der Waals surface area contributed by atoms with Crippen LogP contribution < -0.4 is 0 Å². The van der Waals surface area contributed by atoms with Crippen LogP contribution in [-0.2, 0) is 11.3 Å². The Bertz CT molecular complexity index is 1060. The third kappa shape index (κ3) is 3.47. The van der Waals surface area contributed by atoms with Crippen LogP contribution in [0.15, 0.2) is 58.2 Å². The molecule has 1 aromatic carbocycles. The van der Waals surface area contributed by atoms with E-state index in [4.69, 9.17) is 9.72 Å². The highest BCUT2D eigenvalue weighted by atomic mass is 32.2. The van der Waals surface area contributed by atoms with E-state index in [9.17, 15) is 0 Å². The Balaban J connectivity index is 1.50. The van der Waals surface area contributed by atoms with Crippen molar-refractivity contribution in [3.63, 3.8) is 0 Å². The van der Waals surface area contributed by atoms with Crippen LogP contribution in [-0.4, -0.2) is 37.4 Å². The Kier molecular flexibility index (Phi) is 4.61. The predicted octanol–water partition coefficient (Wildman–Crippen LogP) is 4.28. The van der Waals surface area contributed by atoms with Gasteiger partial charge in [0.25, 0.3) is 0 Å². The van der Waals surface area contributed by atoms with Crippen LogP contribution in [0.2, 0.25) is 0 Å². The lowest BCUT2D eigenvalue weighted by Crippen LogP contribution is -2.16. The second-order valence-corrected chi connectivity index (χ2v) is 8.26. The molecule has 1 atom stereocenters. The molecule has 5 rings (SSSR count). The number of benzene rings is 1. The van der Waals surface area contributed by atoms with Gasteiger partial charge >= 0.3 is 0 Å². The molecule has 0 radical (unpaired) electrons. The van der Waals surface area contributed by atoms with Gasteiger partial charge in [0.05, 0.1) is 34.8 Å². The van der Waals surface area contributed by atoms with Crippen molar-refractivity contribution in [3.8, 4) is 10.7 Å². The first kappa shape index (κ1) is 16.9. The fraction of sp³-hybridized carbons (Fsp3) is 0.263. The third-order valence-corrected chi connectivity index (χ3v) is 6.25. The maximum absolute atomic E-state index is 5.85. The van der Waals surface area contributed by atoms with Crippen molar-refractivity contribution in [2.45, 2.75) is 35.7 Å². The van der Waals surface area contributed by atoms with E-state index in [1.165, 1.54) is 11.8 Å². The summed E-state index contributed by atoms with van der Waals surface area (Å²) in [6.07, 6.45) is 4.19. The zero-order valence-electron chi connectivity index (χ0n) is 14.5. The molecule has 0 saturated carbocycles. The lowest BCUT2D eigenvalue weighted by molar-refractivity contribution is 0.0953. The number of nitrogens with zero attached hydrogens (tertiary/aromatic N) is 5. The number of hydrogen-bond acceptors (Lipinski definition) is 7. The molecule has 136 valence electrons. The Morgan fingerprint density at radius 1 is 1.15 bits per heavy atom. The highest BCUT2D eigenvalue weighted by molar-refractivity contribution is 7.99. The molecule has 0 unspecified atom stereocenters. The zero-order chi connectivity index (χ0) is 18.1. The summed E-state index contributed by atoms with van der Waals surface area (Å²) in [6, 6.07) is 12.0. The van der Waals surface area contributed by atoms with Crippen LogP contribution in [0, 0.1) is 0 Å². The highest BCUT2D eigenvalue weighted by Crippen LogP contribution is 2.32. The molecule has 1 aliphatic heterocycles. The van der Waals surface area contributed by atoms with Crippen LogP contribution in [0.4, 0.5) is 0 Å². The average Bonchev–Trinajstić information content (AvgIpc) is 3.45. The van der Waals surface area contributed by atoms with Crippen LogP contribution in [0.3, 0.4) is 0 Å². The van der Waals surface area contributed by atoms with Gasteiger partial charge in [-0.3, -0.25) is 9.55 Å². The third-order valence-electron chi connectivity index (χ3n) is 4.49. The number of para-hydroxylation sites is 2. The SMILES string of the molecule is c1csc(-c2nnc(Sc3cnc4ccccc4n3)n2C[C@@H]2CCCO2)c1. The molecule has 1 saturated heterocycles. The molecular formula is C19H17N5OS2. The largest absolute Gasteiger partial charge is 0.376 e.